The maximum absolute atomic E-state index is 15.0. The van der Waals surface area contributed by atoms with E-state index in [1.54, 1.807) is 23.0 Å². The molecule has 0 aliphatic carbocycles. The summed E-state index contributed by atoms with van der Waals surface area (Å²) in [7, 11) is 0. The Morgan fingerprint density at radius 3 is 2.40 bits per heavy atom. The van der Waals surface area contributed by atoms with Crippen molar-refractivity contribution in [3.63, 3.8) is 0 Å². The summed E-state index contributed by atoms with van der Waals surface area (Å²) < 4.78 is 16.6. The number of anilines is 2. The summed E-state index contributed by atoms with van der Waals surface area (Å²) in [6, 6.07) is 9.46. The molecule has 4 heterocycles. The van der Waals surface area contributed by atoms with E-state index in [9.17, 15) is 29.4 Å². The van der Waals surface area contributed by atoms with E-state index in [0.717, 1.165) is 6.07 Å². The molecule has 0 saturated carbocycles. The summed E-state index contributed by atoms with van der Waals surface area (Å²) >= 11 is 0. The number of aryl methyl sites for hydroxylation is 2. The topological polar surface area (TPSA) is 228 Å². The fraction of sp³-hybridized carbons (Fsp3) is 0.100. The Kier molecular flexibility index (Phi) is 8.62. The van der Waals surface area contributed by atoms with Crippen LogP contribution in [0, 0.1) is 5.82 Å². The van der Waals surface area contributed by atoms with E-state index in [2.05, 4.69) is 47.1 Å². The largest absolute Gasteiger partial charge is 0.478 e. The summed E-state index contributed by atoms with van der Waals surface area (Å²) in [6.45, 7) is 0. The zero-order valence-electron chi connectivity index (χ0n) is 24.6. The molecule has 4 aromatic rings. The molecule has 0 spiro atoms. The predicted octanol–water partition coefficient (Wildman–Crippen LogP) is 2.13. The fourth-order valence-electron chi connectivity index (χ4n) is 4.80. The van der Waals surface area contributed by atoms with E-state index in [-0.39, 0.29) is 40.3 Å². The van der Waals surface area contributed by atoms with Crippen molar-refractivity contribution in [3.8, 4) is 5.82 Å². The highest BCUT2D eigenvalue weighted by Crippen LogP contribution is 2.25. The second-order valence-corrected chi connectivity index (χ2v) is 10.3. The van der Waals surface area contributed by atoms with Crippen molar-refractivity contribution in [2.45, 2.75) is 19.3 Å². The molecule has 2 aromatic heterocycles. The Morgan fingerprint density at radius 1 is 0.875 bits per heavy atom. The van der Waals surface area contributed by atoms with Gasteiger partial charge in [0, 0.05) is 12.4 Å². The van der Waals surface area contributed by atoms with Gasteiger partial charge < -0.3 is 20.8 Å². The van der Waals surface area contributed by atoms with Crippen LogP contribution in [0.2, 0.25) is 0 Å². The SMILES string of the molecule is O=C(Nc1cc(CCCc2cc(NC(=O)c3ccc(-n4ccnc4)nn3)c(C(=O)O)cc2F)ccc1C(=O)O)C1=NN2NNN=C2C=C1. The van der Waals surface area contributed by atoms with Gasteiger partial charge in [0.2, 0.25) is 0 Å². The summed E-state index contributed by atoms with van der Waals surface area (Å²) in [5.74, 6) is -4.04. The number of aromatic carboxylic acids is 2. The maximum atomic E-state index is 15.0. The molecule has 48 heavy (non-hydrogen) atoms. The third-order valence-electron chi connectivity index (χ3n) is 7.17. The van der Waals surface area contributed by atoms with Gasteiger partial charge in [-0.1, -0.05) is 6.07 Å². The summed E-state index contributed by atoms with van der Waals surface area (Å²) in [6.07, 6.45) is 8.50. The standard InChI is InChI=1S/C30H24FN11O6/c31-20-14-19(30(47)48)24(34-27(43)21-6-8-25(36-35-21)41-11-10-32-15-41)13-17(20)3-1-2-16-4-5-18(29(45)46)23(12-16)33-28(44)22-7-9-26-37-39-40-42(26)38-22/h4-15,39-40H,1-3H2,(H,33,44)(H,34,43)(H,45,46)(H,47,48). The minimum absolute atomic E-state index is 0.00592. The molecule has 2 amide bonds. The Balaban J connectivity index is 1.14. The average molecular weight is 654 g/mol. The van der Waals surface area contributed by atoms with Crippen LogP contribution in [0.25, 0.3) is 5.82 Å². The number of nitrogens with one attached hydrogen (secondary N) is 4. The van der Waals surface area contributed by atoms with Crippen molar-refractivity contribution in [1.82, 2.24) is 35.9 Å². The van der Waals surface area contributed by atoms with Gasteiger partial charge in [-0.15, -0.1) is 25.9 Å². The summed E-state index contributed by atoms with van der Waals surface area (Å²) in [4.78, 5) is 53.4. The highest BCUT2D eigenvalue weighted by molar-refractivity contribution is 6.48. The lowest BCUT2D eigenvalue weighted by molar-refractivity contribution is -0.110. The molecule has 2 aliphatic rings. The average Bonchev–Trinajstić information content (AvgIpc) is 3.78. The van der Waals surface area contributed by atoms with Gasteiger partial charge in [0.05, 0.1) is 22.5 Å². The number of carbonyl (C=O) groups excluding carboxylic acids is 2. The Labute approximate surface area is 269 Å². The maximum Gasteiger partial charge on any atom is 0.337 e. The number of aromatic nitrogens is 4. The fourth-order valence-corrected chi connectivity index (χ4v) is 4.80. The molecular weight excluding hydrogens is 629 g/mol. The molecule has 0 atom stereocenters. The zero-order valence-corrected chi connectivity index (χ0v) is 24.6. The lowest BCUT2D eigenvalue weighted by atomic mass is 9.99. The number of nitrogens with zero attached hydrogens (tertiary/aromatic N) is 7. The molecule has 6 N–H and O–H groups in total. The van der Waals surface area contributed by atoms with Crippen molar-refractivity contribution >= 4 is 46.7 Å². The highest BCUT2D eigenvalue weighted by atomic mass is 19.1. The Hall–Kier alpha value is -6.82. The molecule has 0 saturated heterocycles. The molecule has 2 aromatic carbocycles. The van der Waals surface area contributed by atoms with Crippen molar-refractivity contribution < 1.29 is 33.8 Å². The second-order valence-electron chi connectivity index (χ2n) is 10.3. The third kappa shape index (κ3) is 6.72. The minimum atomic E-state index is -1.44. The van der Waals surface area contributed by atoms with Crippen LogP contribution in [0.1, 0.15) is 48.8 Å². The summed E-state index contributed by atoms with van der Waals surface area (Å²) in [5, 5.41) is 41.5. The Morgan fingerprint density at radius 2 is 1.67 bits per heavy atom. The molecule has 0 fully saturated rings. The number of hydrogen-bond acceptors (Lipinski definition) is 12. The second kappa shape index (κ2) is 13.3. The van der Waals surface area contributed by atoms with Crippen LogP contribution >= 0.6 is 0 Å². The van der Waals surface area contributed by atoms with Crippen molar-refractivity contribution in [2.24, 2.45) is 10.2 Å². The molecule has 2 aliphatic heterocycles. The van der Waals surface area contributed by atoms with Gasteiger partial charge in [-0.3, -0.25) is 14.2 Å². The van der Waals surface area contributed by atoms with Crippen LogP contribution in [0.4, 0.5) is 15.8 Å². The number of halogens is 1. The van der Waals surface area contributed by atoms with Crippen LogP contribution in [0.5, 0.6) is 0 Å². The number of hydrazone groups is 2. The van der Waals surface area contributed by atoms with Crippen LogP contribution in [-0.4, -0.2) is 70.4 Å². The van der Waals surface area contributed by atoms with Crippen molar-refractivity contribution in [3.05, 3.63) is 107 Å². The van der Waals surface area contributed by atoms with Gasteiger partial charge in [-0.2, -0.15) is 5.12 Å². The third-order valence-corrected chi connectivity index (χ3v) is 7.17. The van der Waals surface area contributed by atoms with Crippen LogP contribution in [0.15, 0.2) is 83.5 Å². The van der Waals surface area contributed by atoms with Crippen molar-refractivity contribution in [2.75, 3.05) is 10.6 Å². The minimum Gasteiger partial charge on any atom is -0.478 e. The van der Waals surface area contributed by atoms with Gasteiger partial charge >= 0.3 is 11.9 Å². The first kappa shape index (κ1) is 31.2. The van der Waals surface area contributed by atoms with Gasteiger partial charge in [0.15, 0.2) is 23.1 Å². The van der Waals surface area contributed by atoms with Gasteiger partial charge in [-0.25, -0.2) is 24.5 Å². The molecule has 18 heteroatoms. The lowest BCUT2D eigenvalue weighted by Gasteiger charge is -2.16. The number of amidine groups is 1. The molecule has 242 valence electrons. The van der Waals surface area contributed by atoms with Gasteiger partial charge in [0.25, 0.3) is 11.8 Å². The van der Waals surface area contributed by atoms with E-state index >= 15 is 4.39 Å². The van der Waals surface area contributed by atoms with Crippen molar-refractivity contribution in [1.29, 1.82) is 0 Å². The number of hydrogen-bond donors (Lipinski definition) is 6. The highest BCUT2D eigenvalue weighted by Gasteiger charge is 2.23. The number of fused-ring (bicyclic) bond motifs is 1. The van der Waals surface area contributed by atoms with Crippen LogP contribution in [0.3, 0.4) is 0 Å². The van der Waals surface area contributed by atoms with Crippen LogP contribution in [-0.2, 0) is 17.6 Å². The van der Waals surface area contributed by atoms with E-state index in [4.69, 9.17) is 0 Å². The lowest BCUT2D eigenvalue weighted by Crippen LogP contribution is -2.40. The number of carboxylic acids is 2. The summed E-state index contributed by atoms with van der Waals surface area (Å²) in [5.41, 5.74) is 5.10. The van der Waals surface area contributed by atoms with E-state index in [1.807, 2.05) is 0 Å². The monoisotopic (exact) mass is 653 g/mol. The van der Waals surface area contributed by atoms with E-state index in [1.165, 1.54) is 53.9 Å². The number of imidazole rings is 1. The first-order valence-corrected chi connectivity index (χ1v) is 14.2. The van der Waals surface area contributed by atoms with E-state index < -0.39 is 35.1 Å². The molecule has 17 nitrogen and oxygen atoms in total. The van der Waals surface area contributed by atoms with Crippen LogP contribution < -0.4 is 21.7 Å². The molecule has 0 radical (unpaired) electrons. The zero-order chi connectivity index (χ0) is 33.8. The van der Waals surface area contributed by atoms with E-state index in [0.29, 0.717) is 30.1 Å². The molecule has 0 unspecified atom stereocenters. The number of carboxylic acid groups (broad SMARTS) is 2. The molecule has 6 rings (SSSR count). The predicted molar refractivity (Wildman–Crippen MR) is 167 cm³/mol. The molecule has 0 bridgehead atoms. The quantitative estimate of drug-likeness (QED) is 0.137. The first-order chi connectivity index (χ1) is 23.2. The van der Waals surface area contributed by atoms with Gasteiger partial charge in [-0.05, 0) is 78.9 Å². The smallest absolute Gasteiger partial charge is 0.337 e. The first-order valence-electron chi connectivity index (χ1n) is 14.2. The number of carbonyl (C=O) groups is 4. The molecular formula is C30H24FN11O6. The normalized spacial score (nSPS) is 13.2. The number of hydrazine groups is 2. The number of rotatable bonds is 11. The Bertz CT molecular complexity index is 2030. The van der Waals surface area contributed by atoms with Gasteiger partial charge in [0.1, 0.15) is 12.1 Å². The number of benzene rings is 2. The number of amides is 2.